The number of halogens is 4. The van der Waals surface area contributed by atoms with Crippen LogP contribution in [0.25, 0.3) is 33.4 Å². The number of benzene rings is 2. The highest BCUT2D eigenvalue weighted by molar-refractivity contribution is 6.29. The number of fused-ring (bicyclic) bond motifs is 1. The number of anilines is 1. The van der Waals surface area contributed by atoms with Gasteiger partial charge in [0.2, 0.25) is 0 Å². The molecule has 0 bridgehead atoms. The molecule has 42 heavy (non-hydrogen) atoms. The Hall–Kier alpha value is -4.70. The van der Waals surface area contributed by atoms with Gasteiger partial charge in [0, 0.05) is 29.1 Å². The van der Waals surface area contributed by atoms with Crippen LogP contribution in [-0.2, 0) is 4.79 Å². The molecule has 3 aromatic heterocycles. The minimum absolute atomic E-state index is 0.0251. The van der Waals surface area contributed by atoms with E-state index in [-0.39, 0.29) is 11.5 Å². The van der Waals surface area contributed by atoms with E-state index in [0.717, 1.165) is 33.5 Å². The summed E-state index contributed by atoms with van der Waals surface area (Å²) in [5.41, 5.74) is 6.81. The van der Waals surface area contributed by atoms with Crippen molar-refractivity contribution in [2.45, 2.75) is 33.0 Å². The van der Waals surface area contributed by atoms with Crippen molar-refractivity contribution < 1.29 is 27.5 Å². The Morgan fingerprint density at radius 1 is 1.00 bits per heavy atom. The highest BCUT2D eigenvalue weighted by Gasteiger charge is 2.38. The second kappa shape index (κ2) is 12.4. The minimum Gasteiger partial charge on any atom is -0.475 e. The number of pyridine rings is 2. The molecule has 3 heterocycles. The zero-order valence-electron chi connectivity index (χ0n) is 22.7. The maximum Gasteiger partial charge on any atom is 0.490 e. The third kappa shape index (κ3) is 6.95. The number of carbonyl (C=O) groups is 1. The standard InChI is InChI=1S/C29H24ClN3O2.C2HF3O2/c1-17-13-24(19(3)33-23-10-11-26(30)32-16-23)29-25(14-17)27(34)18(2)28(35-29)21-8-6-20(7-9-21)22-5-4-12-31-15-22;3-2(4,5)1(6)7/h4-16,19,33H,1-3H3;(H,6,7)/t19-;/m1./s1. The van der Waals surface area contributed by atoms with Crippen LogP contribution in [0.1, 0.15) is 29.7 Å². The minimum atomic E-state index is -5.08. The SMILES string of the molecule is Cc1cc([C@@H](C)Nc2ccc(Cl)nc2)c2oc(-c3ccc(-c4cccnc4)cc3)c(C)c(=O)c2c1.O=C(O)C(F)(F)F. The molecule has 0 saturated carbocycles. The summed E-state index contributed by atoms with van der Waals surface area (Å²) in [5, 5.41) is 11.6. The smallest absolute Gasteiger partial charge is 0.475 e. The predicted octanol–water partition coefficient (Wildman–Crippen LogP) is 7.99. The number of hydrogen-bond donors (Lipinski definition) is 2. The van der Waals surface area contributed by atoms with Gasteiger partial charge in [0.05, 0.1) is 23.3 Å². The van der Waals surface area contributed by atoms with Gasteiger partial charge in [-0.1, -0.05) is 48.0 Å². The lowest BCUT2D eigenvalue weighted by Gasteiger charge is -2.18. The van der Waals surface area contributed by atoms with Crippen LogP contribution in [0.15, 0.2) is 88.5 Å². The van der Waals surface area contributed by atoms with E-state index >= 15 is 0 Å². The number of rotatable bonds is 5. The summed E-state index contributed by atoms with van der Waals surface area (Å²) in [6.45, 7) is 5.84. The third-order valence-electron chi connectivity index (χ3n) is 6.35. The first-order chi connectivity index (χ1) is 19.8. The van der Waals surface area contributed by atoms with E-state index in [0.29, 0.717) is 27.4 Å². The van der Waals surface area contributed by atoms with Crippen molar-refractivity contribution in [2.75, 3.05) is 5.32 Å². The largest absolute Gasteiger partial charge is 0.490 e. The van der Waals surface area contributed by atoms with E-state index < -0.39 is 12.1 Å². The number of aromatic nitrogens is 2. The summed E-state index contributed by atoms with van der Waals surface area (Å²) in [7, 11) is 0. The van der Waals surface area contributed by atoms with Crippen molar-refractivity contribution in [1.29, 1.82) is 0 Å². The highest BCUT2D eigenvalue weighted by Crippen LogP contribution is 2.33. The van der Waals surface area contributed by atoms with Crippen LogP contribution >= 0.6 is 11.6 Å². The topological polar surface area (TPSA) is 105 Å². The summed E-state index contributed by atoms with van der Waals surface area (Å²) in [6, 6.07) is 19.3. The van der Waals surface area contributed by atoms with Crippen LogP contribution in [0.3, 0.4) is 0 Å². The molecule has 0 aliphatic heterocycles. The molecule has 0 aliphatic carbocycles. The normalized spacial score (nSPS) is 11.9. The number of aryl methyl sites for hydroxylation is 1. The number of nitrogens with one attached hydrogen (secondary N) is 1. The Kier molecular flexibility index (Phi) is 8.96. The molecule has 2 aromatic carbocycles. The second-order valence-electron chi connectivity index (χ2n) is 9.47. The first-order valence-corrected chi connectivity index (χ1v) is 13.0. The lowest BCUT2D eigenvalue weighted by atomic mass is 9.98. The van der Waals surface area contributed by atoms with E-state index in [1.165, 1.54) is 0 Å². The Morgan fingerprint density at radius 3 is 2.24 bits per heavy atom. The van der Waals surface area contributed by atoms with Gasteiger partial charge in [0.15, 0.2) is 5.43 Å². The predicted molar refractivity (Wildman–Crippen MR) is 156 cm³/mol. The van der Waals surface area contributed by atoms with Gasteiger partial charge in [-0.05, 0) is 61.7 Å². The molecule has 0 saturated heterocycles. The van der Waals surface area contributed by atoms with Crippen molar-refractivity contribution in [1.82, 2.24) is 9.97 Å². The van der Waals surface area contributed by atoms with Gasteiger partial charge in [-0.15, -0.1) is 0 Å². The molecule has 11 heteroatoms. The molecular formula is C31H25ClF3N3O4. The van der Waals surface area contributed by atoms with Crippen molar-refractivity contribution >= 4 is 34.2 Å². The van der Waals surface area contributed by atoms with Crippen molar-refractivity contribution in [3.05, 3.63) is 111 Å². The van der Waals surface area contributed by atoms with E-state index in [1.807, 2.05) is 75.5 Å². The summed E-state index contributed by atoms with van der Waals surface area (Å²) < 4.78 is 38.2. The van der Waals surface area contributed by atoms with Crippen LogP contribution < -0.4 is 10.7 Å². The molecule has 0 aliphatic rings. The van der Waals surface area contributed by atoms with E-state index in [1.54, 1.807) is 18.5 Å². The molecule has 216 valence electrons. The number of aliphatic carboxylic acids is 1. The Morgan fingerprint density at radius 2 is 1.67 bits per heavy atom. The Balaban J connectivity index is 0.000000517. The molecule has 1 atom stereocenters. The van der Waals surface area contributed by atoms with Gasteiger partial charge in [-0.3, -0.25) is 9.78 Å². The molecular weight excluding hydrogens is 571 g/mol. The molecule has 0 spiro atoms. The fourth-order valence-electron chi connectivity index (χ4n) is 4.30. The summed E-state index contributed by atoms with van der Waals surface area (Å²) in [6.07, 6.45) is 0.186. The number of alkyl halides is 3. The molecule has 0 fully saturated rings. The number of nitrogens with zero attached hydrogens (tertiary/aromatic N) is 2. The summed E-state index contributed by atoms with van der Waals surface area (Å²) in [4.78, 5) is 30.6. The fraction of sp³-hybridized carbons (Fsp3) is 0.161. The van der Waals surface area contributed by atoms with Gasteiger partial charge in [-0.25, -0.2) is 9.78 Å². The van der Waals surface area contributed by atoms with E-state index in [4.69, 9.17) is 25.9 Å². The number of carboxylic acid groups (broad SMARTS) is 1. The zero-order valence-corrected chi connectivity index (χ0v) is 23.4. The van der Waals surface area contributed by atoms with Crippen molar-refractivity contribution in [3.8, 4) is 22.5 Å². The monoisotopic (exact) mass is 595 g/mol. The number of carboxylic acids is 1. The summed E-state index contributed by atoms with van der Waals surface area (Å²) in [5.74, 6) is -2.18. The quantitative estimate of drug-likeness (QED) is 0.198. The zero-order chi connectivity index (χ0) is 30.6. The van der Waals surface area contributed by atoms with Crippen LogP contribution in [0.4, 0.5) is 18.9 Å². The van der Waals surface area contributed by atoms with Crippen LogP contribution in [-0.4, -0.2) is 27.2 Å². The first-order valence-electron chi connectivity index (χ1n) is 12.6. The van der Waals surface area contributed by atoms with E-state index in [2.05, 4.69) is 21.4 Å². The lowest BCUT2D eigenvalue weighted by molar-refractivity contribution is -0.192. The number of hydrogen-bond acceptors (Lipinski definition) is 6. The van der Waals surface area contributed by atoms with E-state index in [9.17, 15) is 18.0 Å². The molecule has 0 unspecified atom stereocenters. The first kappa shape index (κ1) is 30.3. The molecule has 2 N–H and O–H groups in total. The molecule has 0 radical (unpaired) electrons. The molecule has 5 rings (SSSR count). The van der Waals surface area contributed by atoms with Gasteiger partial charge in [0.1, 0.15) is 16.5 Å². The average molecular weight is 596 g/mol. The van der Waals surface area contributed by atoms with Crippen LogP contribution in [0, 0.1) is 13.8 Å². The van der Waals surface area contributed by atoms with Gasteiger partial charge in [0.25, 0.3) is 0 Å². The van der Waals surface area contributed by atoms with Crippen molar-refractivity contribution in [3.63, 3.8) is 0 Å². The van der Waals surface area contributed by atoms with Crippen LogP contribution in [0.2, 0.25) is 5.15 Å². The average Bonchev–Trinajstić information content (AvgIpc) is 2.96. The second-order valence-corrected chi connectivity index (χ2v) is 9.86. The summed E-state index contributed by atoms with van der Waals surface area (Å²) >= 11 is 5.92. The lowest BCUT2D eigenvalue weighted by Crippen LogP contribution is -2.21. The third-order valence-corrected chi connectivity index (χ3v) is 6.58. The molecule has 0 amide bonds. The molecule has 7 nitrogen and oxygen atoms in total. The highest BCUT2D eigenvalue weighted by atomic mass is 35.5. The fourth-order valence-corrected chi connectivity index (χ4v) is 4.41. The molecule has 5 aromatic rings. The Bertz CT molecular complexity index is 1770. The van der Waals surface area contributed by atoms with Gasteiger partial charge >= 0.3 is 12.1 Å². The van der Waals surface area contributed by atoms with Gasteiger partial charge in [-0.2, -0.15) is 13.2 Å². The maximum absolute atomic E-state index is 13.4. The van der Waals surface area contributed by atoms with Crippen LogP contribution in [0.5, 0.6) is 0 Å². The maximum atomic E-state index is 13.4. The van der Waals surface area contributed by atoms with Crippen molar-refractivity contribution in [2.24, 2.45) is 0 Å². The Labute approximate surface area is 243 Å². The van der Waals surface area contributed by atoms with Gasteiger partial charge < -0.3 is 14.8 Å².